The van der Waals surface area contributed by atoms with Crippen LogP contribution in [0.4, 0.5) is 5.13 Å². The molecule has 72 valence electrons. The van der Waals surface area contributed by atoms with Crippen LogP contribution in [0.3, 0.4) is 0 Å². The summed E-state index contributed by atoms with van der Waals surface area (Å²) in [5.74, 6) is -0.308. The number of thiazole rings is 1. The minimum Gasteiger partial charge on any atom is -0.468 e. The fourth-order valence-corrected chi connectivity index (χ4v) is 1.67. The van der Waals surface area contributed by atoms with Gasteiger partial charge in [-0.15, -0.1) is 11.3 Å². The maximum absolute atomic E-state index is 11.3. The van der Waals surface area contributed by atoms with Crippen molar-refractivity contribution in [3.63, 3.8) is 0 Å². The van der Waals surface area contributed by atoms with Gasteiger partial charge in [0.2, 0.25) is 0 Å². The molecule has 5 heteroatoms. The maximum Gasteiger partial charge on any atom is 0.317 e. The summed E-state index contributed by atoms with van der Waals surface area (Å²) in [5.41, 5.74) is 5.41. The molecule has 0 aliphatic carbocycles. The SMILES string of the molecule is COC(=O)C(C)(C)c1csc(N)n1. The van der Waals surface area contributed by atoms with Crippen LogP contribution in [0.25, 0.3) is 0 Å². The molecule has 0 fully saturated rings. The van der Waals surface area contributed by atoms with Gasteiger partial charge in [-0.2, -0.15) is 0 Å². The third-order valence-electron chi connectivity index (χ3n) is 1.86. The number of hydrogen-bond acceptors (Lipinski definition) is 5. The van der Waals surface area contributed by atoms with Gasteiger partial charge in [0.15, 0.2) is 5.13 Å². The summed E-state index contributed by atoms with van der Waals surface area (Å²) in [6.07, 6.45) is 0. The Hall–Kier alpha value is -1.10. The summed E-state index contributed by atoms with van der Waals surface area (Å²) in [7, 11) is 1.36. The first-order chi connectivity index (χ1) is 5.98. The molecule has 0 aliphatic heterocycles. The molecule has 0 unspecified atom stereocenters. The highest BCUT2D eigenvalue weighted by Gasteiger charge is 2.33. The number of nitrogens with zero attached hydrogens (tertiary/aromatic N) is 1. The molecule has 1 heterocycles. The monoisotopic (exact) mass is 200 g/mol. The molecule has 1 aromatic heterocycles. The number of nitrogens with two attached hydrogens (primary N) is 1. The standard InChI is InChI=1S/C8H12N2O2S/c1-8(2,6(11)12-3)5-4-13-7(9)10-5/h4H,1-3H3,(H2,9,10). The smallest absolute Gasteiger partial charge is 0.317 e. The van der Waals surface area contributed by atoms with Gasteiger partial charge >= 0.3 is 5.97 Å². The summed E-state index contributed by atoms with van der Waals surface area (Å²) < 4.78 is 4.66. The Balaban J connectivity index is 2.99. The van der Waals surface area contributed by atoms with Gasteiger partial charge in [0.1, 0.15) is 5.41 Å². The van der Waals surface area contributed by atoms with Crippen LogP contribution in [-0.2, 0) is 14.9 Å². The first-order valence-electron chi connectivity index (χ1n) is 3.78. The third-order valence-corrected chi connectivity index (χ3v) is 2.53. The minimum atomic E-state index is -0.719. The third kappa shape index (κ3) is 1.80. The first-order valence-corrected chi connectivity index (χ1v) is 4.66. The number of aromatic nitrogens is 1. The molecule has 0 atom stereocenters. The van der Waals surface area contributed by atoms with E-state index in [1.807, 2.05) is 0 Å². The second-order valence-electron chi connectivity index (χ2n) is 3.19. The van der Waals surface area contributed by atoms with Gasteiger partial charge in [0.25, 0.3) is 0 Å². The number of ether oxygens (including phenoxy) is 1. The highest BCUT2D eigenvalue weighted by molar-refractivity contribution is 7.13. The van der Waals surface area contributed by atoms with Gasteiger partial charge in [0, 0.05) is 5.38 Å². The number of methoxy groups -OCH3 is 1. The van der Waals surface area contributed by atoms with Crippen molar-refractivity contribution in [2.24, 2.45) is 0 Å². The summed E-state index contributed by atoms with van der Waals surface area (Å²) in [6.45, 7) is 3.51. The molecule has 0 saturated heterocycles. The number of nitrogen functional groups attached to an aromatic ring is 1. The second kappa shape index (κ2) is 3.33. The number of rotatable bonds is 2. The topological polar surface area (TPSA) is 65.2 Å². The van der Waals surface area contributed by atoms with Gasteiger partial charge in [-0.1, -0.05) is 0 Å². The number of hydrogen-bond donors (Lipinski definition) is 1. The molecule has 2 N–H and O–H groups in total. The lowest BCUT2D eigenvalue weighted by Gasteiger charge is -2.18. The summed E-state index contributed by atoms with van der Waals surface area (Å²) in [4.78, 5) is 15.4. The predicted octanol–water partition coefficient (Wildman–Crippen LogP) is 1.18. The van der Waals surface area contributed by atoms with Crippen molar-refractivity contribution < 1.29 is 9.53 Å². The fraction of sp³-hybridized carbons (Fsp3) is 0.500. The lowest BCUT2D eigenvalue weighted by molar-refractivity contribution is -0.146. The minimum absolute atomic E-state index is 0.308. The Morgan fingerprint density at radius 3 is 2.69 bits per heavy atom. The van der Waals surface area contributed by atoms with Crippen LogP contribution in [0.5, 0.6) is 0 Å². The summed E-state index contributed by atoms with van der Waals surface area (Å²) >= 11 is 1.32. The Morgan fingerprint density at radius 1 is 1.69 bits per heavy atom. The van der Waals surface area contributed by atoms with Gasteiger partial charge in [0.05, 0.1) is 12.8 Å². The van der Waals surface area contributed by atoms with E-state index < -0.39 is 5.41 Å². The molecule has 0 spiro atoms. The largest absolute Gasteiger partial charge is 0.468 e. The number of carbonyl (C=O) groups is 1. The van der Waals surface area contributed by atoms with Crippen LogP contribution in [0, 0.1) is 0 Å². The van der Waals surface area contributed by atoms with E-state index in [0.717, 1.165) is 0 Å². The fourth-order valence-electron chi connectivity index (χ4n) is 0.934. The van der Waals surface area contributed by atoms with E-state index in [1.165, 1.54) is 18.4 Å². The van der Waals surface area contributed by atoms with E-state index in [0.29, 0.717) is 10.8 Å². The molecule has 0 amide bonds. The molecule has 0 aliphatic rings. The van der Waals surface area contributed by atoms with Crippen LogP contribution >= 0.6 is 11.3 Å². The molecular formula is C8H12N2O2S. The van der Waals surface area contributed by atoms with Gasteiger partial charge in [-0.25, -0.2) is 4.98 Å². The van der Waals surface area contributed by atoms with E-state index in [1.54, 1.807) is 19.2 Å². The molecule has 13 heavy (non-hydrogen) atoms. The maximum atomic E-state index is 11.3. The molecule has 1 rings (SSSR count). The normalized spacial score (nSPS) is 11.3. The van der Waals surface area contributed by atoms with Crippen LogP contribution < -0.4 is 5.73 Å². The van der Waals surface area contributed by atoms with Crippen molar-refractivity contribution in [1.82, 2.24) is 4.98 Å². The second-order valence-corrected chi connectivity index (χ2v) is 4.08. The lowest BCUT2D eigenvalue weighted by Crippen LogP contribution is -2.30. The molecule has 1 aromatic rings. The highest BCUT2D eigenvalue weighted by Crippen LogP contribution is 2.26. The average Bonchev–Trinajstić information content (AvgIpc) is 2.50. The Morgan fingerprint density at radius 2 is 2.31 bits per heavy atom. The quantitative estimate of drug-likeness (QED) is 0.728. The zero-order valence-electron chi connectivity index (χ0n) is 7.83. The zero-order chi connectivity index (χ0) is 10.1. The number of esters is 1. The molecule has 0 bridgehead atoms. The van der Waals surface area contributed by atoms with Crippen LogP contribution in [0.1, 0.15) is 19.5 Å². The Labute approximate surface area is 80.7 Å². The van der Waals surface area contributed by atoms with Crippen LogP contribution in [-0.4, -0.2) is 18.1 Å². The molecular weight excluding hydrogens is 188 g/mol. The van der Waals surface area contributed by atoms with Gasteiger partial charge < -0.3 is 10.5 Å². The van der Waals surface area contributed by atoms with Crippen molar-refractivity contribution in [2.45, 2.75) is 19.3 Å². The van der Waals surface area contributed by atoms with Gasteiger partial charge in [-0.05, 0) is 13.8 Å². The summed E-state index contributed by atoms with van der Waals surface area (Å²) in [6, 6.07) is 0. The lowest BCUT2D eigenvalue weighted by atomic mass is 9.90. The molecule has 0 aromatic carbocycles. The van der Waals surface area contributed by atoms with Crippen molar-refractivity contribution in [3.05, 3.63) is 11.1 Å². The van der Waals surface area contributed by atoms with E-state index >= 15 is 0 Å². The van der Waals surface area contributed by atoms with Gasteiger partial charge in [-0.3, -0.25) is 4.79 Å². The molecule has 0 saturated carbocycles. The average molecular weight is 200 g/mol. The molecule has 4 nitrogen and oxygen atoms in total. The van der Waals surface area contributed by atoms with E-state index in [9.17, 15) is 4.79 Å². The van der Waals surface area contributed by atoms with Crippen molar-refractivity contribution >= 4 is 22.4 Å². The van der Waals surface area contributed by atoms with Crippen molar-refractivity contribution in [1.29, 1.82) is 0 Å². The van der Waals surface area contributed by atoms with E-state index in [4.69, 9.17) is 5.73 Å². The van der Waals surface area contributed by atoms with Crippen LogP contribution in [0.2, 0.25) is 0 Å². The zero-order valence-corrected chi connectivity index (χ0v) is 8.64. The Kier molecular flexibility index (Phi) is 2.56. The predicted molar refractivity (Wildman–Crippen MR) is 51.6 cm³/mol. The van der Waals surface area contributed by atoms with E-state index in [2.05, 4.69) is 9.72 Å². The Bertz CT molecular complexity index is 320. The number of anilines is 1. The highest BCUT2D eigenvalue weighted by atomic mass is 32.1. The number of carbonyl (C=O) groups excluding carboxylic acids is 1. The molecule has 0 radical (unpaired) electrons. The van der Waals surface area contributed by atoms with Crippen molar-refractivity contribution in [3.8, 4) is 0 Å². The first kappa shape index (κ1) is 9.98. The van der Waals surface area contributed by atoms with E-state index in [-0.39, 0.29) is 5.97 Å². The summed E-state index contributed by atoms with van der Waals surface area (Å²) in [5, 5.41) is 2.23. The van der Waals surface area contributed by atoms with Crippen molar-refractivity contribution in [2.75, 3.05) is 12.8 Å². The van der Waals surface area contributed by atoms with Crippen LogP contribution in [0.15, 0.2) is 5.38 Å².